The van der Waals surface area contributed by atoms with Gasteiger partial charge in [-0.3, -0.25) is 4.57 Å². The molecule has 0 radical (unpaired) electrons. The molecule has 26 heavy (non-hydrogen) atoms. The van der Waals surface area contributed by atoms with Crippen molar-refractivity contribution in [3.8, 4) is 0 Å². The summed E-state index contributed by atoms with van der Waals surface area (Å²) in [4.78, 5) is 14.4. The fraction of sp³-hybridized carbons (Fsp3) is 0.429. The molecule has 3 heterocycles. The molecule has 0 saturated carbocycles. The Kier molecular flexibility index (Phi) is 5.01. The lowest BCUT2D eigenvalue weighted by Crippen LogP contribution is -2.37. The second-order valence-electron chi connectivity index (χ2n) is 5.49. The lowest BCUT2D eigenvalue weighted by molar-refractivity contribution is -0.140. The van der Waals surface area contributed by atoms with Crippen molar-refractivity contribution in [2.24, 2.45) is 5.73 Å². The summed E-state index contributed by atoms with van der Waals surface area (Å²) in [5, 5.41) is 7.07. The number of nitrogens with zero attached hydrogens (tertiary/aromatic N) is 5. The zero-order chi connectivity index (χ0) is 18.9. The molecule has 0 aromatic carbocycles. The minimum atomic E-state index is -4.50. The Morgan fingerprint density at radius 1 is 1.27 bits per heavy atom. The van der Waals surface area contributed by atoms with Gasteiger partial charge in [0.2, 0.25) is 5.28 Å². The minimum Gasteiger partial charge on any atom is -0.404 e. The topological polar surface area (TPSA) is 106 Å². The molecule has 2 aromatic heterocycles. The second kappa shape index (κ2) is 7.08. The van der Waals surface area contributed by atoms with Crippen molar-refractivity contribution in [2.45, 2.75) is 12.7 Å². The number of imidazole rings is 1. The Morgan fingerprint density at radius 3 is 2.54 bits per heavy atom. The van der Waals surface area contributed by atoms with E-state index in [1.54, 1.807) is 0 Å². The molecule has 0 spiro atoms. The molecule has 3 N–H and O–H groups in total. The number of alkyl halides is 3. The van der Waals surface area contributed by atoms with Gasteiger partial charge < -0.3 is 20.8 Å². The van der Waals surface area contributed by atoms with E-state index in [4.69, 9.17) is 27.5 Å². The highest BCUT2D eigenvalue weighted by atomic mass is 35.5. The van der Waals surface area contributed by atoms with Gasteiger partial charge in [0.15, 0.2) is 22.8 Å². The standard InChI is InChI=1S/C14H15ClF3N7O/c15-13-21-9-11(24-1-3-26-4-2-24)22-10(8(5-19)6-20)23-12(9)25(13)7-14(16,17)18/h5-6,19H,1-4,7,20H2/b8-6+,19-5?. The summed E-state index contributed by atoms with van der Waals surface area (Å²) in [5.74, 6) is 0.355. The third-order valence-electron chi connectivity index (χ3n) is 3.77. The largest absolute Gasteiger partial charge is 0.406 e. The third kappa shape index (κ3) is 3.58. The third-order valence-corrected chi connectivity index (χ3v) is 4.06. The van der Waals surface area contributed by atoms with Crippen molar-refractivity contribution in [1.82, 2.24) is 19.5 Å². The van der Waals surface area contributed by atoms with E-state index in [1.165, 1.54) is 0 Å². The first kappa shape index (κ1) is 18.4. The molecule has 3 rings (SSSR count). The molecule has 0 bridgehead atoms. The number of anilines is 1. The summed E-state index contributed by atoms with van der Waals surface area (Å²) in [6.07, 6.45) is -2.46. The van der Waals surface area contributed by atoms with Gasteiger partial charge in [-0.1, -0.05) is 0 Å². The molecule has 140 valence electrons. The van der Waals surface area contributed by atoms with Gasteiger partial charge in [0.05, 0.1) is 18.8 Å². The van der Waals surface area contributed by atoms with Crippen LogP contribution in [-0.2, 0) is 11.3 Å². The number of rotatable bonds is 4. The molecule has 1 fully saturated rings. The molecule has 0 amide bonds. The number of aromatic nitrogens is 4. The van der Waals surface area contributed by atoms with Gasteiger partial charge >= 0.3 is 6.18 Å². The van der Waals surface area contributed by atoms with Crippen LogP contribution in [-0.4, -0.2) is 58.2 Å². The van der Waals surface area contributed by atoms with Gasteiger partial charge in [-0.2, -0.15) is 13.2 Å². The molecule has 1 aliphatic rings. The lowest BCUT2D eigenvalue weighted by Gasteiger charge is -2.28. The molecule has 8 nitrogen and oxygen atoms in total. The summed E-state index contributed by atoms with van der Waals surface area (Å²) in [6.45, 7) is 0.528. The van der Waals surface area contributed by atoms with Crippen LogP contribution < -0.4 is 10.6 Å². The quantitative estimate of drug-likeness (QED) is 0.610. The summed E-state index contributed by atoms with van der Waals surface area (Å²) >= 11 is 5.94. The van der Waals surface area contributed by atoms with Gasteiger partial charge in [0.1, 0.15) is 6.54 Å². The summed E-state index contributed by atoms with van der Waals surface area (Å²) in [5.41, 5.74) is 5.73. The van der Waals surface area contributed by atoms with E-state index in [9.17, 15) is 13.2 Å². The van der Waals surface area contributed by atoms with E-state index in [0.29, 0.717) is 32.1 Å². The number of halogens is 4. The smallest absolute Gasteiger partial charge is 0.404 e. The van der Waals surface area contributed by atoms with Crippen LogP contribution in [0.25, 0.3) is 16.7 Å². The molecule has 12 heteroatoms. The van der Waals surface area contributed by atoms with Crippen LogP contribution in [0.1, 0.15) is 5.82 Å². The van der Waals surface area contributed by atoms with Crippen LogP contribution in [0.2, 0.25) is 5.28 Å². The molecule has 1 aliphatic heterocycles. The number of hydrogen-bond donors (Lipinski definition) is 2. The molecule has 1 saturated heterocycles. The Bertz CT molecular complexity index is 858. The lowest BCUT2D eigenvalue weighted by atomic mass is 10.2. The van der Waals surface area contributed by atoms with E-state index in [-0.39, 0.29) is 27.8 Å². The number of nitrogens with two attached hydrogens (primary N) is 1. The number of hydrogen-bond acceptors (Lipinski definition) is 7. The van der Waals surface area contributed by atoms with Crippen LogP contribution >= 0.6 is 11.6 Å². The minimum absolute atomic E-state index is 0.0245. The van der Waals surface area contributed by atoms with Gasteiger partial charge in [0, 0.05) is 25.5 Å². The second-order valence-corrected chi connectivity index (χ2v) is 5.83. The van der Waals surface area contributed by atoms with Crippen LogP contribution in [0.3, 0.4) is 0 Å². The van der Waals surface area contributed by atoms with Gasteiger partial charge in [0.25, 0.3) is 0 Å². The van der Waals surface area contributed by atoms with Crippen molar-refractivity contribution in [1.29, 1.82) is 5.41 Å². The highest BCUT2D eigenvalue weighted by Gasteiger charge is 2.32. The fourth-order valence-corrected chi connectivity index (χ4v) is 2.82. The van der Waals surface area contributed by atoms with E-state index in [1.807, 2.05) is 4.90 Å². The Hall–Kier alpha value is -2.40. The monoisotopic (exact) mass is 389 g/mol. The molecule has 2 aromatic rings. The highest BCUT2D eigenvalue weighted by molar-refractivity contribution is 6.29. The number of ether oxygens (including phenoxy) is 1. The molecule has 0 atom stereocenters. The van der Waals surface area contributed by atoms with Gasteiger partial charge in [-0.25, -0.2) is 15.0 Å². The van der Waals surface area contributed by atoms with Crippen LogP contribution in [0, 0.1) is 5.41 Å². The van der Waals surface area contributed by atoms with Crippen molar-refractivity contribution in [3.05, 3.63) is 17.3 Å². The predicted molar refractivity (Wildman–Crippen MR) is 90.4 cm³/mol. The summed E-state index contributed by atoms with van der Waals surface area (Å²) < 4.78 is 44.8. The predicted octanol–water partition coefficient (Wildman–Crippen LogP) is 1.83. The average molecular weight is 390 g/mol. The van der Waals surface area contributed by atoms with Gasteiger partial charge in [-0.05, 0) is 11.6 Å². The first-order chi connectivity index (χ1) is 12.3. The Labute approximate surface area is 150 Å². The van der Waals surface area contributed by atoms with E-state index >= 15 is 0 Å². The zero-order valence-corrected chi connectivity index (χ0v) is 14.2. The molecule has 0 unspecified atom stereocenters. The van der Waals surface area contributed by atoms with Crippen LogP contribution in [0.4, 0.5) is 19.0 Å². The Balaban J connectivity index is 2.23. The zero-order valence-electron chi connectivity index (χ0n) is 13.4. The summed E-state index contributed by atoms with van der Waals surface area (Å²) in [7, 11) is 0. The van der Waals surface area contributed by atoms with E-state index < -0.39 is 12.7 Å². The number of morpholine rings is 1. The average Bonchev–Trinajstić information content (AvgIpc) is 2.90. The maximum Gasteiger partial charge on any atom is 0.406 e. The van der Waals surface area contributed by atoms with Crippen molar-refractivity contribution < 1.29 is 17.9 Å². The van der Waals surface area contributed by atoms with Crippen molar-refractivity contribution in [3.63, 3.8) is 0 Å². The van der Waals surface area contributed by atoms with Gasteiger partial charge in [-0.15, -0.1) is 0 Å². The van der Waals surface area contributed by atoms with E-state index in [2.05, 4.69) is 15.0 Å². The number of fused-ring (bicyclic) bond motifs is 1. The highest BCUT2D eigenvalue weighted by Crippen LogP contribution is 2.30. The Morgan fingerprint density at radius 2 is 1.96 bits per heavy atom. The molecular weight excluding hydrogens is 375 g/mol. The summed E-state index contributed by atoms with van der Waals surface area (Å²) in [6, 6.07) is 0. The fourth-order valence-electron chi connectivity index (χ4n) is 2.59. The number of nitrogens with one attached hydrogen (secondary N) is 1. The first-order valence-electron chi connectivity index (χ1n) is 7.60. The maximum absolute atomic E-state index is 12.9. The van der Waals surface area contributed by atoms with Crippen molar-refractivity contribution in [2.75, 3.05) is 31.2 Å². The normalized spacial score (nSPS) is 16.3. The van der Waals surface area contributed by atoms with Crippen molar-refractivity contribution >= 4 is 40.4 Å². The van der Waals surface area contributed by atoms with Crippen LogP contribution in [0.5, 0.6) is 0 Å². The first-order valence-corrected chi connectivity index (χ1v) is 7.98. The maximum atomic E-state index is 12.9. The van der Waals surface area contributed by atoms with Crippen LogP contribution in [0.15, 0.2) is 6.20 Å². The SMILES string of the molecule is N=C/C(=C\N)c1nc(N2CCOCC2)c2nc(Cl)n(CC(F)(F)F)c2n1. The number of allylic oxidation sites excluding steroid dienone is 1. The molecule has 0 aliphatic carbocycles. The van der Waals surface area contributed by atoms with E-state index in [0.717, 1.165) is 17.0 Å². The molecular formula is C14H15ClF3N7O.